The maximum Gasteiger partial charge on any atom is 0.324 e. The molecule has 1 unspecified atom stereocenters. The van der Waals surface area contributed by atoms with Crippen molar-refractivity contribution in [2.45, 2.75) is 19.8 Å². The molecule has 0 spiro atoms. The maximum atomic E-state index is 12.5. The predicted octanol–water partition coefficient (Wildman–Crippen LogP) is 2.43. The van der Waals surface area contributed by atoms with Crippen molar-refractivity contribution in [3.8, 4) is 0 Å². The van der Waals surface area contributed by atoms with Crippen LogP contribution in [-0.4, -0.2) is 42.1 Å². The van der Waals surface area contributed by atoms with Crippen LogP contribution in [-0.2, 0) is 4.79 Å². The van der Waals surface area contributed by atoms with Crippen molar-refractivity contribution >= 4 is 17.7 Å². The molecule has 1 fully saturated rings. The van der Waals surface area contributed by atoms with Crippen LogP contribution in [0.15, 0.2) is 30.3 Å². The first kappa shape index (κ1) is 14.4. The van der Waals surface area contributed by atoms with Crippen molar-refractivity contribution in [2.24, 2.45) is 5.41 Å². The number of para-hydroxylation sites is 1. The van der Waals surface area contributed by atoms with Crippen LogP contribution in [0.2, 0.25) is 0 Å². The Bertz CT molecular complexity index is 503. The number of carboxylic acid groups (broad SMARTS) is 1. The summed E-state index contributed by atoms with van der Waals surface area (Å²) in [4.78, 5) is 27.0. The summed E-state index contributed by atoms with van der Waals surface area (Å²) in [6.45, 7) is 2.58. The second-order valence-electron chi connectivity index (χ2n) is 5.57. The van der Waals surface area contributed by atoms with Gasteiger partial charge < -0.3 is 10.0 Å². The van der Waals surface area contributed by atoms with Crippen LogP contribution in [0.3, 0.4) is 0 Å². The molecule has 1 aromatic rings. The molecule has 0 bridgehead atoms. The molecule has 1 aliphatic heterocycles. The molecule has 20 heavy (non-hydrogen) atoms. The van der Waals surface area contributed by atoms with Gasteiger partial charge in [0.1, 0.15) is 0 Å². The molecule has 2 amide bonds. The van der Waals surface area contributed by atoms with E-state index in [0.29, 0.717) is 13.0 Å². The summed E-state index contributed by atoms with van der Waals surface area (Å²) in [5, 5.41) is 9.30. The fourth-order valence-corrected chi connectivity index (χ4v) is 2.55. The molecule has 1 aromatic carbocycles. The Morgan fingerprint density at radius 3 is 2.55 bits per heavy atom. The first-order valence-electron chi connectivity index (χ1n) is 6.75. The quantitative estimate of drug-likeness (QED) is 0.902. The first-order valence-corrected chi connectivity index (χ1v) is 6.75. The second-order valence-corrected chi connectivity index (χ2v) is 5.57. The Kier molecular flexibility index (Phi) is 3.97. The molecular formula is C15H20N2O3. The van der Waals surface area contributed by atoms with Crippen LogP contribution in [0.4, 0.5) is 10.5 Å². The number of likely N-dealkylation sites (tertiary alicyclic amines) is 1. The summed E-state index contributed by atoms with van der Waals surface area (Å²) in [5.41, 5.74) is -0.0362. The minimum Gasteiger partial charge on any atom is -0.481 e. The molecule has 1 atom stereocenters. The summed E-state index contributed by atoms with van der Waals surface area (Å²) >= 11 is 0. The van der Waals surface area contributed by atoms with Gasteiger partial charge in [0.2, 0.25) is 0 Å². The fraction of sp³-hybridized carbons (Fsp3) is 0.467. The first-order chi connectivity index (χ1) is 9.44. The van der Waals surface area contributed by atoms with Gasteiger partial charge in [-0.05, 0) is 31.9 Å². The molecule has 5 heteroatoms. The highest BCUT2D eigenvalue weighted by molar-refractivity contribution is 5.92. The van der Waals surface area contributed by atoms with E-state index in [0.717, 1.165) is 12.1 Å². The zero-order valence-corrected chi connectivity index (χ0v) is 11.9. The number of carbonyl (C=O) groups is 2. The highest BCUT2D eigenvalue weighted by atomic mass is 16.4. The van der Waals surface area contributed by atoms with Crippen molar-refractivity contribution in [1.82, 2.24) is 4.90 Å². The lowest BCUT2D eigenvalue weighted by Gasteiger charge is -2.39. The van der Waals surface area contributed by atoms with Gasteiger partial charge in [-0.1, -0.05) is 18.2 Å². The molecule has 0 aromatic heterocycles. The zero-order valence-electron chi connectivity index (χ0n) is 11.9. The lowest BCUT2D eigenvalue weighted by molar-refractivity contribution is -0.150. The summed E-state index contributed by atoms with van der Waals surface area (Å²) in [5.74, 6) is -0.836. The van der Waals surface area contributed by atoms with Crippen LogP contribution < -0.4 is 4.90 Å². The van der Waals surface area contributed by atoms with E-state index < -0.39 is 11.4 Å². The number of urea groups is 1. The molecule has 108 valence electrons. The van der Waals surface area contributed by atoms with E-state index in [4.69, 9.17) is 0 Å². The molecule has 1 N–H and O–H groups in total. The zero-order chi connectivity index (χ0) is 14.8. The minimum absolute atomic E-state index is 0.150. The summed E-state index contributed by atoms with van der Waals surface area (Å²) in [7, 11) is 1.71. The number of benzene rings is 1. The predicted molar refractivity (Wildman–Crippen MR) is 76.8 cm³/mol. The fourth-order valence-electron chi connectivity index (χ4n) is 2.55. The molecule has 5 nitrogen and oxygen atoms in total. The van der Waals surface area contributed by atoms with Gasteiger partial charge in [0, 0.05) is 25.8 Å². The average Bonchev–Trinajstić information content (AvgIpc) is 2.46. The Morgan fingerprint density at radius 1 is 1.30 bits per heavy atom. The van der Waals surface area contributed by atoms with Gasteiger partial charge in [-0.2, -0.15) is 0 Å². The van der Waals surface area contributed by atoms with Crippen molar-refractivity contribution in [2.75, 3.05) is 25.0 Å². The molecule has 1 saturated heterocycles. The van der Waals surface area contributed by atoms with Crippen molar-refractivity contribution < 1.29 is 14.7 Å². The van der Waals surface area contributed by atoms with Gasteiger partial charge in [-0.25, -0.2) is 4.79 Å². The Hall–Kier alpha value is -2.04. The average molecular weight is 276 g/mol. The third-order valence-electron chi connectivity index (χ3n) is 3.91. The van der Waals surface area contributed by atoms with Gasteiger partial charge in [-0.3, -0.25) is 9.69 Å². The van der Waals surface area contributed by atoms with Gasteiger partial charge in [-0.15, -0.1) is 0 Å². The van der Waals surface area contributed by atoms with Gasteiger partial charge in [0.25, 0.3) is 0 Å². The Labute approximate surface area is 118 Å². The van der Waals surface area contributed by atoms with Crippen LogP contribution in [0, 0.1) is 5.41 Å². The number of carbonyl (C=O) groups excluding carboxylic acids is 1. The Balaban J connectivity index is 2.11. The monoisotopic (exact) mass is 276 g/mol. The smallest absolute Gasteiger partial charge is 0.324 e. The second kappa shape index (κ2) is 5.53. The molecular weight excluding hydrogens is 256 g/mol. The SMILES string of the molecule is CN(C(=O)N1CCCC(C)(C(=O)O)C1)c1ccccc1. The van der Waals surface area contributed by atoms with E-state index in [1.165, 1.54) is 0 Å². The lowest BCUT2D eigenvalue weighted by Crippen LogP contribution is -2.51. The third kappa shape index (κ3) is 2.76. The van der Waals surface area contributed by atoms with E-state index in [9.17, 15) is 14.7 Å². The van der Waals surface area contributed by atoms with Gasteiger partial charge in [0.05, 0.1) is 5.41 Å². The largest absolute Gasteiger partial charge is 0.481 e. The number of anilines is 1. The van der Waals surface area contributed by atoms with Crippen LogP contribution in [0.25, 0.3) is 0 Å². The van der Waals surface area contributed by atoms with Crippen molar-refractivity contribution in [1.29, 1.82) is 0 Å². The molecule has 0 radical (unpaired) electrons. The standard InChI is InChI=1S/C15H20N2O3/c1-15(13(18)19)9-6-10-17(11-15)14(20)16(2)12-7-4-3-5-8-12/h3-5,7-8H,6,9-11H2,1-2H3,(H,18,19). The number of aliphatic carboxylic acids is 1. The van der Waals surface area contributed by atoms with Crippen molar-refractivity contribution in [3.05, 3.63) is 30.3 Å². The van der Waals surface area contributed by atoms with E-state index in [1.807, 2.05) is 30.3 Å². The van der Waals surface area contributed by atoms with Crippen LogP contribution in [0.5, 0.6) is 0 Å². The van der Waals surface area contributed by atoms with E-state index in [2.05, 4.69) is 0 Å². The molecule has 1 heterocycles. The topological polar surface area (TPSA) is 60.9 Å². The number of carboxylic acids is 1. The molecule has 1 aliphatic rings. The molecule has 0 aliphatic carbocycles. The van der Waals surface area contributed by atoms with Crippen LogP contribution >= 0.6 is 0 Å². The number of rotatable bonds is 2. The number of piperidine rings is 1. The lowest BCUT2D eigenvalue weighted by atomic mass is 9.82. The summed E-state index contributed by atoms with van der Waals surface area (Å²) in [6.07, 6.45) is 1.33. The normalized spacial score (nSPS) is 22.4. The van der Waals surface area contributed by atoms with E-state index >= 15 is 0 Å². The van der Waals surface area contributed by atoms with E-state index in [1.54, 1.807) is 23.8 Å². The Morgan fingerprint density at radius 2 is 1.95 bits per heavy atom. The van der Waals surface area contributed by atoms with Gasteiger partial charge in [0.15, 0.2) is 0 Å². The highest BCUT2D eigenvalue weighted by Gasteiger charge is 2.40. The number of nitrogens with zero attached hydrogens (tertiary/aromatic N) is 2. The molecule has 0 saturated carbocycles. The number of amides is 2. The number of hydrogen-bond donors (Lipinski definition) is 1. The maximum absolute atomic E-state index is 12.5. The number of hydrogen-bond acceptors (Lipinski definition) is 2. The van der Waals surface area contributed by atoms with Crippen LogP contribution in [0.1, 0.15) is 19.8 Å². The highest BCUT2D eigenvalue weighted by Crippen LogP contribution is 2.30. The third-order valence-corrected chi connectivity index (χ3v) is 3.91. The van der Waals surface area contributed by atoms with Crippen molar-refractivity contribution in [3.63, 3.8) is 0 Å². The van der Waals surface area contributed by atoms with E-state index in [-0.39, 0.29) is 12.6 Å². The van der Waals surface area contributed by atoms with Gasteiger partial charge >= 0.3 is 12.0 Å². The minimum atomic E-state index is -0.842. The summed E-state index contributed by atoms with van der Waals surface area (Å²) < 4.78 is 0. The summed E-state index contributed by atoms with van der Waals surface area (Å²) in [6, 6.07) is 9.21. The molecule has 2 rings (SSSR count).